The molecule has 2 heterocycles. The van der Waals surface area contributed by atoms with E-state index in [1.807, 2.05) is 6.92 Å². The number of piperidine rings is 1. The van der Waals surface area contributed by atoms with Gasteiger partial charge in [0.05, 0.1) is 6.61 Å². The summed E-state index contributed by atoms with van der Waals surface area (Å²) in [5.74, 6) is -0.314. The van der Waals surface area contributed by atoms with Crippen LogP contribution in [0.4, 0.5) is 18.0 Å². The molecule has 1 aliphatic heterocycles. The Kier molecular flexibility index (Phi) is 4.77. The second-order valence-corrected chi connectivity index (χ2v) is 5.55. The highest BCUT2D eigenvalue weighted by molar-refractivity contribution is 5.65. The van der Waals surface area contributed by atoms with Crippen LogP contribution in [0.15, 0.2) is 18.3 Å². The Balaban J connectivity index is 2.03. The van der Waals surface area contributed by atoms with Crippen molar-refractivity contribution in [1.29, 1.82) is 0 Å². The lowest BCUT2D eigenvalue weighted by Gasteiger charge is -2.34. The van der Waals surface area contributed by atoms with Crippen LogP contribution in [0.5, 0.6) is 5.75 Å². The smallest absolute Gasteiger partial charge is 0.437 e. The van der Waals surface area contributed by atoms with Gasteiger partial charge in [0.15, 0.2) is 5.69 Å². The van der Waals surface area contributed by atoms with Crippen molar-refractivity contribution in [3.05, 3.63) is 24.0 Å². The fraction of sp³-hybridized carbons (Fsp3) is 0.571. The van der Waals surface area contributed by atoms with Crippen molar-refractivity contribution in [1.82, 2.24) is 9.88 Å². The van der Waals surface area contributed by atoms with Crippen molar-refractivity contribution in [2.75, 3.05) is 19.7 Å². The van der Waals surface area contributed by atoms with Gasteiger partial charge in [-0.25, -0.2) is 9.78 Å². The largest absolute Gasteiger partial charge is 0.491 e. The van der Waals surface area contributed by atoms with Gasteiger partial charge in [0.25, 0.3) is 0 Å². The minimum absolute atomic E-state index is 0.0306. The van der Waals surface area contributed by atoms with Crippen LogP contribution in [0.1, 0.15) is 19.0 Å². The first-order valence-electron chi connectivity index (χ1n) is 6.90. The highest BCUT2D eigenvalue weighted by atomic mass is 19.4. The molecule has 1 fully saturated rings. The molecule has 2 atom stereocenters. The second-order valence-electron chi connectivity index (χ2n) is 5.55. The van der Waals surface area contributed by atoms with Crippen molar-refractivity contribution in [3.63, 3.8) is 0 Å². The molecule has 2 rings (SSSR count). The van der Waals surface area contributed by atoms with Crippen molar-refractivity contribution in [2.45, 2.75) is 19.5 Å². The number of amides is 1. The predicted octanol–water partition coefficient (Wildman–Crippen LogP) is 3.12. The van der Waals surface area contributed by atoms with Gasteiger partial charge in [0, 0.05) is 25.2 Å². The summed E-state index contributed by atoms with van der Waals surface area (Å²) in [4.78, 5) is 15.6. The van der Waals surface area contributed by atoms with Crippen molar-refractivity contribution < 1.29 is 27.8 Å². The average molecular weight is 318 g/mol. The van der Waals surface area contributed by atoms with Gasteiger partial charge in [0.1, 0.15) is 5.75 Å². The number of likely N-dealkylation sites (tertiary alicyclic amines) is 1. The first kappa shape index (κ1) is 16.4. The minimum atomic E-state index is -4.58. The van der Waals surface area contributed by atoms with Crippen LogP contribution in [0.25, 0.3) is 0 Å². The van der Waals surface area contributed by atoms with Crippen LogP contribution in [0.3, 0.4) is 0 Å². The number of carbonyl (C=O) groups is 1. The number of nitrogens with zero attached hydrogens (tertiary/aromatic N) is 2. The van der Waals surface area contributed by atoms with E-state index in [-0.39, 0.29) is 30.7 Å². The molecule has 0 spiro atoms. The lowest BCUT2D eigenvalue weighted by molar-refractivity contribution is -0.142. The Labute approximate surface area is 125 Å². The molecule has 0 aromatic carbocycles. The fourth-order valence-corrected chi connectivity index (χ4v) is 2.69. The summed E-state index contributed by atoms with van der Waals surface area (Å²) < 4.78 is 43.7. The standard InChI is InChI=1S/C14H17F3N2O3/c1-9-5-10(7-19(6-9)13(20)21)8-22-11-3-2-4-18-12(11)14(15,16)17/h2-4,9-10H,5-8H2,1H3,(H,20,21). The number of alkyl halides is 3. The highest BCUT2D eigenvalue weighted by Gasteiger charge is 2.36. The molecule has 1 aromatic rings. The average Bonchev–Trinajstić information content (AvgIpc) is 2.44. The third-order valence-electron chi connectivity index (χ3n) is 3.53. The third kappa shape index (κ3) is 4.02. The van der Waals surface area contributed by atoms with E-state index < -0.39 is 18.0 Å². The fourth-order valence-electron chi connectivity index (χ4n) is 2.69. The number of hydrogen-bond donors (Lipinski definition) is 1. The van der Waals surface area contributed by atoms with Gasteiger partial charge in [-0.2, -0.15) is 13.2 Å². The summed E-state index contributed by atoms with van der Waals surface area (Å²) in [7, 11) is 0. The number of rotatable bonds is 3. The third-order valence-corrected chi connectivity index (χ3v) is 3.53. The van der Waals surface area contributed by atoms with Gasteiger partial charge >= 0.3 is 12.3 Å². The molecule has 1 aromatic heterocycles. The van der Waals surface area contributed by atoms with Gasteiger partial charge in [-0.3, -0.25) is 0 Å². The molecule has 5 nitrogen and oxygen atoms in total. The Morgan fingerprint density at radius 3 is 2.86 bits per heavy atom. The molecule has 2 unspecified atom stereocenters. The minimum Gasteiger partial charge on any atom is -0.491 e. The van der Waals surface area contributed by atoms with Crippen LogP contribution in [0.2, 0.25) is 0 Å². The number of aromatic nitrogens is 1. The van der Waals surface area contributed by atoms with Gasteiger partial charge in [-0.15, -0.1) is 0 Å². The molecule has 122 valence electrons. The van der Waals surface area contributed by atoms with E-state index in [2.05, 4.69) is 4.98 Å². The molecular weight excluding hydrogens is 301 g/mol. The Morgan fingerprint density at radius 1 is 1.50 bits per heavy atom. The maximum absolute atomic E-state index is 12.8. The summed E-state index contributed by atoms with van der Waals surface area (Å²) in [6, 6.07) is 2.59. The zero-order chi connectivity index (χ0) is 16.3. The summed E-state index contributed by atoms with van der Waals surface area (Å²) in [5, 5.41) is 9.04. The van der Waals surface area contributed by atoms with Crippen LogP contribution >= 0.6 is 0 Å². The van der Waals surface area contributed by atoms with E-state index in [1.165, 1.54) is 17.0 Å². The maximum Gasteiger partial charge on any atom is 0.437 e. The molecule has 0 radical (unpaired) electrons. The van der Waals surface area contributed by atoms with E-state index in [9.17, 15) is 18.0 Å². The molecule has 0 aliphatic carbocycles. The molecule has 8 heteroatoms. The molecule has 1 amide bonds. The molecule has 1 saturated heterocycles. The zero-order valence-corrected chi connectivity index (χ0v) is 12.0. The monoisotopic (exact) mass is 318 g/mol. The quantitative estimate of drug-likeness (QED) is 0.930. The summed E-state index contributed by atoms with van der Waals surface area (Å²) in [6.07, 6.45) is -3.83. The van der Waals surface area contributed by atoms with E-state index in [1.54, 1.807) is 0 Å². The Morgan fingerprint density at radius 2 is 2.23 bits per heavy atom. The van der Waals surface area contributed by atoms with Crippen molar-refractivity contribution >= 4 is 6.09 Å². The van der Waals surface area contributed by atoms with Crippen LogP contribution in [-0.4, -0.2) is 40.8 Å². The van der Waals surface area contributed by atoms with Crippen LogP contribution < -0.4 is 4.74 Å². The number of pyridine rings is 1. The molecule has 0 saturated carbocycles. The first-order valence-corrected chi connectivity index (χ1v) is 6.90. The highest BCUT2D eigenvalue weighted by Crippen LogP contribution is 2.34. The molecule has 1 aliphatic rings. The molecule has 22 heavy (non-hydrogen) atoms. The predicted molar refractivity (Wildman–Crippen MR) is 71.6 cm³/mol. The number of halogens is 3. The lowest BCUT2D eigenvalue weighted by atomic mass is 9.91. The topological polar surface area (TPSA) is 62.7 Å². The van der Waals surface area contributed by atoms with Crippen molar-refractivity contribution in [2.24, 2.45) is 11.8 Å². The second kappa shape index (κ2) is 6.41. The van der Waals surface area contributed by atoms with Crippen LogP contribution in [0, 0.1) is 11.8 Å². The summed E-state index contributed by atoms with van der Waals surface area (Å²) in [6.45, 7) is 2.64. The maximum atomic E-state index is 12.8. The number of carboxylic acid groups (broad SMARTS) is 1. The van der Waals surface area contributed by atoms with E-state index in [0.717, 1.165) is 6.20 Å². The summed E-state index contributed by atoms with van der Waals surface area (Å²) in [5.41, 5.74) is -1.06. The molecule has 1 N–H and O–H groups in total. The van der Waals surface area contributed by atoms with Crippen LogP contribution in [-0.2, 0) is 6.18 Å². The molecular formula is C14H17F3N2O3. The van der Waals surface area contributed by atoms with Gasteiger partial charge in [-0.05, 0) is 24.5 Å². The Bertz CT molecular complexity index is 536. The van der Waals surface area contributed by atoms with E-state index in [0.29, 0.717) is 13.0 Å². The van der Waals surface area contributed by atoms with E-state index >= 15 is 0 Å². The molecule has 0 bridgehead atoms. The normalized spacial score (nSPS) is 22.5. The first-order chi connectivity index (χ1) is 10.3. The van der Waals surface area contributed by atoms with Gasteiger partial charge < -0.3 is 14.7 Å². The lowest BCUT2D eigenvalue weighted by Crippen LogP contribution is -2.44. The zero-order valence-electron chi connectivity index (χ0n) is 12.0. The summed E-state index contributed by atoms with van der Waals surface area (Å²) >= 11 is 0. The Hall–Kier alpha value is -1.99. The van der Waals surface area contributed by atoms with E-state index in [4.69, 9.17) is 9.84 Å². The number of ether oxygens (including phenoxy) is 1. The SMILES string of the molecule is CC1CC(COc2cccnc2C(F)(F)F)CN(C(=O)O)C1. The van der Waals surface area contributed by atoms with Gasteiger partial charge in [-0.1, -0.05) is 6.92 Å². The number of hydrogen-bond acceptors (Lipinski definition) is 3. The van der Waals surface area contributed by atoms with Gasteiger partial charge in [0.2, 0.25) is 0 Å². The van der Waals surface area contributed by atoms with Crippen molar-refractivity contribution in [3.8, 4) is 5.75 Å².